The summed E-state index contributed by atoms with van der Waals surface area (Å²) in [5, 5.41) is 0.209. The topological polar surface area (TPSA) is 98.3 Å². The first kappa shape index (κ1) is 19.5. The lowest BCUT2D eigenvalue weighted by molar-refractivity contribution is 0.0735. The number of para-hydroxylation sites is 1. The van der Waals surface area contributed by atoms with Gasteiger partial charge in [0, 0.05) is 4.88 Å². The third kappa shape index (κ3) is 3.74. The summed E-state index contributed by atoms with van der Waals surface area (Å²) >= 11 is 2.13. The largest absolute Gasteiger partial charge is 0.423 e. The second kappa shape index (κ2) is 7.54. The van der Waals surface area contributed by atoms with Crippen LogP contribution >= 0.6 is 23.1 Å². The average molecular weight is 446 g/mol. The smallest absolute Gasteiger partial charge is 0.346 e. The van der Waals surface area contributed by atoms with Gasteiger partial charge >= 0.3 is 5.97 Å². The lowest BCUT2D eigenvalue weighted by atomic mass is 10.1. The zero-order valence-corrected chi connectivity index (χ0v) is 17.8. The number of carbonyl (C=O) groups is 1. The van der Waals surface area contributed by atoms with Gasteiger partial charge in [0.15, 0.2) is 0 Å². The van der Waals surface area contributed by atoms with Crippen LogP contribution < -0.4 is 9.46 Å². The molecule has 0 atom stereocenters. The Kier molecular flexibility index (Phi) is 5.07. The standard InChI is InChI=1S/C19H15N3O4S3/c1-11-12(2)27-18(16(11)19(23)26-13-7-4-3-5-8-13)22-29(24,25)15-10-6-9-14-17(15)21-28-20-14/h3-10,22H,1-2H3. The molecular formula is C19H15N3O4S3. The van der Waals surface area contributed by atoms with Gasteiger partial charge in [-0.3, -0.25) is 4.72 Å². The Hall–Kier alpha value is -2.82. The Balaban J connectivity index is 1.72. The second-order valence-electron chi connectivity index (χ2n) is 6.18. The van der Waals surface area contributed by atoms with Gasteiger partial charge in [0.05, 0.1) is 17.3 Å². The molecule has 0 fully saturated rings. The molecule has 4 aromatic rings. The highest BCUT2D eigenvalue weighted by Crippen LogP contribution is 2.35. The van der Waals surface area contributed by atoms with Gasteiger partial charge in [-0.1, -0.05) is 24.3 Å². The second-order valence-corrected chi connectivity index (χ2v) is 9.59. The highest BCUT2D eigenvalue weighted by Gasteiger charge is 2.27. The first-order valence-corrected chi connectivity index (χ1v) is 11.5. The zero-order valence-electron chi connectivity index (χ0n) is 15.4. The van der Waals surface area contributed by atoms with Crippen molar-refractivity contribution in [3.63, 3.8) is 0 Å². The number of thiophene rings is 1. The molecule has 2 heterocycles. The van der Waals surface area contributed by atoms with E-state index in [0.29, 0.717) is 22.3 Å². The summed E-state index contributed by atoms with van der Waals surface area (Å²) in [5.74, 6) is -0.239. The van der Waals surface area contributed by atoms with Crippen molar-refractivity contribution in [2.75, 3.05) is 4.72 Å². The van der Waals surface area contributed by atoms with Gasteiger partial charge in [-0.05, 0) is 43.7 Å². The molecule has 0 saturated heterocycles. The fourth-order valence-electron chi connectivity index (χ4n) is 2.77. The number of ether oxygens (including phenoxy) is 1. The molecule has 148 valence electrons. The monoisotopic (exact) mass is 445 g/mol. The molecule has 2 aromatic heterocycles. The quantitative estimate of drug-likeness (QED) is 0.361. The molecule has 0 bridgehead atoms. The first-order valence-electron chi connectivity index (χ1n) is 8.48. The van der Waals surface area contributed by atoms with E-state index in [9.17, 15) is 13.2 Å². The molecule has 0 saturated carbocycles. The van der Waals surface area contributed by atoms with Crippen molar-refractivity contribution in [3.05, 3.63) is 64.5 Å². The van der Waals surface area contributed by atoms with Crippen LogP contribution in [0.25, 0.3) is 11.0 Å². The predicted molar refractivity (Wildman–Crippen MR) is 113 cm³/mol. The van der Waals surface area contributed by atoms with Crippen molar-refractivity contribution < 1.29 is 17.9 Å². The average Bonchev–Trinajstić information content (AvgIpc) is 3.26. The minimum Gasteiger partial charge on any atom is -0.423 e. The number of rotatable bonds is 5. The Bertz CT molecular complexity index is 1310. The highest BCUT2D eigenvalue weighted by molar-refractivity contribution is 7.93. The van der Waals surface area contributed by atoms with E-state index >= 15 is 0 Å². The summed E-state index contributed by atoms with van der Waals surface area (Å²) in [6, 6.07) is 13.4. The molecule has 0 aliphatic heterocycles. The number of aromatic nitrogens is 2. The normalized spacial score (nSPS) is 11.5. The van der Waals surface area contributed by atoms with Gasteiger partial charge in [0.2, 0.25) is 0 Å². The Labute approximate surface area is 175 Å². The number of carbonyl (C=O) groups excluding carboxylic acids is 1. The van der Waals surface area contributed by atoms with Gasteiger partial charge in [-0.15, -0.1) is 11.3 Å². The van der Waals surface area contributed by atoms with Crippen molar-refractivity contribution in [1.29, 1.82) is 0 Å². The lowest BCUT2D eigenvalue weighted by Gasteiger charge is -2.10. The van der Waals surface area contributed by atoms with Gasteiger partial charge < -0.3 is 4.74 Å². The number of anilines is 1. The molecule has 0 spiro atoms. The summed E-state index contributed by atoms with van der Waals surface area (Å²) in [7, 11) is -3.99. The summed E-state index contributed by atoms with van der Waals surface area (Å²) in [6.45, 7) is 3.58. The van der Waals surface area contributed by atoms with E-state index in [1.54, 1.807) is 43.3 Å². The van der Waals surface area contributed by atoms with Crippen LogP contribution in [0.1, 0.15) is 20.8 Å². The van der Waals surface area contributed by atoms with E-state index in [0.717, 1.165) is 16.6 Å². The molecule has 10 heteroatoms. The summed E-state index contributed by atoms with van der Waals surface area (Å²) in [5.41, 5.74) is 1.66. The van der Waals surface area contributed by atoms with Crippen LogP contribution in [-0.2, 0) is 10.0 Å². The van der Waals surface area contributed by atoms with Crippen LogP contribution in [0.4, 0.5) is 5.00 Å². The zero-order chi connectivity index (χ0) is 20.6. The maximum absolute atomic E-state index is 13.0. The first-order chi connectivity index (χ1) is 13.9. The van der Waals surface area contributed by atoms with Crippen LogP contribution in [0.2, 0.25) is 0 Å². The summed E-state index contributed by atoms with van der Waals surface area (Å²) in [6.07, 6.45) is 0. The van der Waals surface area contributed by atoms with E-state index in [1.165, 1.54) is 17.4 Å². The van der Waals surface area contributed by atoms with Crippen molar-refractivity contribution in [2.45, 2.75) is 18.7 Å². The summed E-state index contributed by atoms with van der Waals surface area (Å²) < 4.78 is 42.2. The number of sulfonamides is 1. The van der Waals surface area contributed by atoms with Crippen LogP contribution in [0.3, 0.4) is 0 Å². The molecule has 29 heavy (non-hydrogen) atoms. The molecule has 0 radical (unpaired) electrons. The number of nitrogens with zero attached hydrogens (tertiary/aromatic N) is 2. The van der Waals surface area contributed by atoms with Crippen molar-refractivity contribution >= 4 is 55.1 Å². The maximum atomic E-state index is 13.0. The number of aryl methyl sites for hydroxylation is 1. The fraction of sp³-hybridized carbons (Fsp3) is 0.105. The Morgan fingerprint density at radius 3 is 2.55 bits per heavy atom. The minimum atomic E-state index is -3.99. The molecule has 0 aliphatic rings. The van der Waals surface area contributed by atoms with Crippen LogP contribution in [0, 0.1) is 13.8 Å². The fourth-order valence-corrected chi connectivity index (χ4v) is 5.89. The van der Waals surface area contributed by atoms with Crippen molar-refractivity contribution in [2.24, 2.45) is 0 Å². The maximum Gasteiger partial charge on any atom is 0.346 e. The molecule has 1 N–H and O–H groups in total. The number of hydrogen-bond acceptors (Lipinski definition) is 8. The van der Waals surface area contributed by atoms with Crippen LogP contribution in [0.15, 0.2) is 53.4 Å². The highest BCUT2D eigenvalue weighted by atomic mass is 32.2. The SMILES string of the molecule is Cc1sc(NS(=O)(=O)c2cccc3nsnc23)c(C(=O)Oc2ccccc2)c1C. The third-order valence-electron chi connectivity index (χ3n) is 4.31. The van der Waals surface area contributed by atoms with Crippen molar-refractivity contribution in [1.82, 2.24) is 8.75 Å². The number of benzene rings is 2. The Morgan fingerprint density at radius 1 is 1.03 bits per heavy atom. The van der Waals surface area contributed by atoms with E-state index in [4.69, 9.17) is 4.74 Å². The molecule has 0 aliphatic carbocycles. The minimum absolute atomic E-state index is 0.00910. The molecule has 7 nitrogen and oxygen atoms in total. The molecule has 0 amide bonds. The third-order valence-corrected chi connectivity index (χ3v) is 7.48. The van der Waals surface area contributed by atoms with E-state index < -0.39 is 16.0 Å². The number of esters is 1. The lowest BCUT2D eigenvalue weighted by Crippen LogP contribution is -2.17. The number of hydrogen-bond donors (Lipinski definition) is 1. The molecule has 2 aromatic carbocycles. The van der Waals surface area contributed by atoms with Crippen LogP contribution in [0.5, 0.6) is 5.75 Å². The predicted octanol–water partition coefficient (Wildman–Crippen LogP) is 4.39. The van der Waals surface area contributed by atoms with E-state index in [2.05, 4.69) is 13.5 Å². The van der Waals surface area contributed by atoms with Gasteiger partial charge in [0.1, 0.15) is 26.7 Å². The van der Waals surface area contributed by atoms with Gasteiger partial charge in [-0.25, -0.2) is 13.2 Å². The number of nitrogens with one attached hydrogen (secondary N) is 1. The van der Waals surface area contributed by atoms with Gasteiger partial charge in [-0.2, -0.15) is 8.75 Å². The van der Waals surface area contributed by atoms with E-state index in [-0.39, 0.29) is 15.5 Å². The molecule has 4 rings (SSSR count). The molecule has 0 unspecified atom stereocenters. The number of fused-ring (bicyclic) bond motifs is 1. The Morgan fingerprint density at radius 2 is 1.79 bits per heavy atom. The van der Waals surface area contributed by atoms with E-state index in [1.807, 2.05) is 13.0 Å². The van der Waals surface area contributed by atoms with Gasteiger partial charge in [0.25, 0.3) is 10.0 Å². The van der Waals surface area contributed by atoms with Crippen LogP contribution in [-0.4, -0.2) is 23.1 Å². The van der Waals surface area contributed by atoms with Crippen molar-refractivity contribution in [3.8, 4) is 5.75 Å². The molecular weight excluding hydrogens is 430 g/mol. The summed E-state index contributed by atoms with van der Waals surface area (Å²) in [4.78, 5) is 13.6.